The molecule has 0 aliphatic rings. The average molecular weight is 839 g/mol. The lowest BCUT2D eigenvalue weighted by Gasteiger charge is -2.10. The molecule has 0 radical (unpaired) electrons. The van der Waals surface area contributed by atoms with Crippen molar-refractivity contribution >= 4 is 57.2 Å². The largest absolute Gasteiger partial charge is 0.494 e. The van der Waals surface area contributed by atoms with Gasteiger partial charge in [-0.2, -0.15) is 10.2 Å². The molecule has 0 spiro atoms. The van der Waals surface area contributed by atoms with Gasteiger partial charge >= 0.3 is 0 Å². The quantitative estimate of drug-likeness (QED) is 0.0321. The van der Waals surface area contributed by atoms with Crippen molar-refractivity contribution in [2.45, 2.75) is 0 Å². The van der Waals surface area contributed by atoms with E-state index in [0.717, 1.165) is 0 Å². The zero-order valence-corrected chi connectivity index (χ0v) is 32.3. The molecule has 2 N–H and O–H groups in total. The van der Waals surface area contributed by atoms with Gasteiger partial charge in [-0.3, -0.25) is 51.3 Å². The molecule has 0 saturated carbocycles. The van der Waals surface area contributed by atoms with Crippen molar-refractivity contribution in [3.8, 4) is 22.6 Å². The number of hydrazone groups is 2. The zero-order chi connectivity index (χ0) is 44.2. The van der Waals surface area contributed by atoms with Crippen LogP contribution in [0.15, 0.2) is 164 Å². The van der Waals surface area contributed by atoms with Crippen LogP contribution in [0.2, 0.25) is 0 Å². The van der Waals surface area contributed by atoms with E-state index in [1.165, 1.54) is 111 Å². The second kappa shape index (κ2) is 19.4. The van der Waals surface area contributed by atoms with Crippen LogP contribution >= 0.6 is 0 Å². The number of amidine groups is 2. The van der Waals surface area contributed by atoms with Crippen molar-refractivity contribution in [1.82, 2.24) is 0 Å². The van der Waals surface area contributed by atoms with Crippen LogP contribution in [0.5, 0.6) is 11.5 Å². The van der Waals surface area contributed by atoms with Crippen LogP contribution in [0.25, 0.3) is 11.1 Å². The maximum Gasteiger partial charge on any atom is 0.269 e. The van der Waals surface area contributed by atoms with Crippen molar-refractivity contribution in [3.05, 3.63) is 185 Å². The molecule has 0 aromatic heterocycles. The lowest BCUT2D eigenvalue weighted by molar-refractivity contribution is -0.385. The first-order valence-corrected chi connectivity index (χ1v) is 17.8. The molecule has 0 saturated heterocycles. The van der Waals surface area contributed by atoms with Gasteiger partial charge in [0, 0.05) is 59.7 Å². The van der Waals surface area contributed by atoms with Gasteiger partial charge in [0.2, 0.25) is 11.7 Å². The van der Waals surface area contributed by atoms with Gasteiger partial charge in [-0.25, -0.2) is 0 Å². The summed E-state index contributed by atoms with van der Waals surface area (Å²) in [4.78, 5) is 42.5. The lowest BCUT2D eigenvalue weighted by Crippen LogP contribution is -2.02. The molecule has 0 bridgehead atoms. The van der Waals surface area contributed by atoms with Crippen LogP contribution in [-0.4, -0.2) is 45.6 Å². The number of anilines is 2. The minimum Gasteiger partial charge on any atom is -0.494 e. The summed E-state index contributed by atoms with van der Waals surface area (Å²) in [5.41, 5.74) is 8.58. The standard InChI is InChI=1S/C40H30N12O10/c1-61-37-23-27(7-21-35(37)43-47-39(25-3-13-31(14-4-25)49(53)54)45-41-29-9-17-33(18-10-29)51(57)58)28-8-22-36(38(24-28)62-2)44-48-40(26-5-15-32(16-6-26)50(55)56)46-42-30-11-19-34(20-12-30)52(59)60/h3-24,41-42H,1-2H3/b45-39-,46-40-,47-43?,48-44?. The predicted octanol–water partition coefficient (Wildman–Crippen LogP) is 10.1. The summed E-state index contributed by atoms with van der Waals surface area (Å²) in [5, 5.41) is 70.5. The highest BCUT2D eigenvalue weighted by atomic mass is 16.6. The summed E-state index contributed by atoms with van der Waals surface area (Å²) < 4.78 is 11.3. The number of rotatable bonds is 15. The van der Waals surface area contributed by atoms with Gasteiger partial charge in [-0.05, 0) is 83.9 Å². The van der Waals surface area contributed by atoms with Crippen LogP contribution in [0, 0.1) is 40.5 Å². The molecule has 0 amide bonds. The first-order chi connectivity index (χ1) is 29.9. The molecular formula is C40H30N12O10. The van der Waals surface area contributed by atoms with Crippen LogP contribution in [0.4, 0.5) is 45.5 Å². The molecule has 6 aromatic rings. The Bertz CT molecular complexity index is 2570. The van der Waals surface area contributed by atoms with E-state index < -0.39 is 19.7 Å². The SMILES string of the molecule is COc1cc(-c2ccc(N=N/C(=N\Nc3ccc([N+](=O)[O-])cc3)c3ccc([N+](=O)[O-])cc3)c(OC)c2)ccc1N=N/C(=N\Nc1ccc([N+](=O)[O-])cc1)c1ccc([N+](=O)[O-])cc1. The Morgan fingerprint density at radius 3 is 1.05 bits per heavy atom. The Morgan fingerprint density at radius 1 is 0.452 bits per heavy atom. The lowest BCUT2D eigenvalue weighted by atomic mass is 10.0. The molecule has 0 heterocycles. The Labute approximate surface area is 349 Å². The number of azo groups is 2. The molecule has 22 heteroatoms. The predicted molar refractivity (Wildman–Crippen MR) is 227 cm³/mol. The minimum atomic E-state index is -0.543. The van der Waals surface area contributed by atoms with Crippen molar-refractivity contribution in [1.29, 1.82) is 0 Å². The number of hydrogen-bond acceptors (Lipinski definition) is 16. The fourth-order valence-corrected chi connectivity index (χ4v) is 5.39. The Morgan fingerprint density at radius 2 is 0.758 bits per heavy atom. The molecule has 22 nitrogen and oxygen atoms in total. The Hall–Kier alpha value is -9.34. The van der Waals surface area contributed by atoms with Crippen LogP contribution in [0.1, 0.15) is 11.1 Å². The maximum atomic E-state index is 11.3. The number of nitro benzene ring substituents is 4. The molecular weight excluding hydrogens is 809 g/mol. The van der Waals surface area contributed by atoms with Gasteiger partial charge < -0.3 is 9.47 Å². The number of benzene rings is 6. The molecule has 0 aliphatic carbocycles. The van der Waals surface area contributed by atoms with E-state index >= 15 is 0 Å². The Kier molecular flexibility index (Phi) is 13.2. The van der Waals surface area contributed by atoms with Gasteiger partial charge in [0.1, 0.15) is 22.9 Å². The smallest absolute Gasteiger partial charge is 0.269 e. The van der Waals surface area contributed by atoms with Gasteiger partial charge in [-0.15, -0.1) is 20.5 Å². The van der Waals surface area contributed by atoms with Crippen molar-refractivity contribution in [3.63, 3.8) is 0 Å². The molecule has 0 atom stereocenters. The fraction of sp³-hybridized carbons (Fsp3) is 0.0500. The highest BCUT2D eigenvalue weighted by molar-refractivity contribution is 6.00. The van der Waals surface area contributed by atoms with Gasteiger partial charge in [0.15, 0.2) is 0 Å². The van der Waals surface area contributed by atoms with Gasteiger partial charge in [0.05, 0.1) is 45.3 Å². The van der Waals surface area contributed by atoms with E-state index in [9.17, 15) is 40.5 Å². The van der Waals surface area contributed by atoms with Crippen molar-refractivity contribution in [2.24, 2.45) is 30.7 Å². The summed E-state index contributed by atoms with van der Waals surface area (Å²) in [6.07, 6.45) is 0. The molecule has 0 unspecified atom stereocenters. The molecule has 62 heavy (non-hydrogen) atoms. The summed E-state index contributed by atoms with van der Waals surface area (Å²) in [6.45, 7) is 0. The number of nitrogens with zero attached hydrogens (tertiary/aromatic N) is 10. The van der Waals surface area contributed by atoms with E-state index in [-0.39, 0.29) is 34.4 Å². The first kappa shape index (κ1) is 42.3. The van der Waals surface area contributed by atoms with E-state index in [1.54, 1.807) is 36.4 Å². The van der Waals surface area contributed by atoms with Crippen molar-refractivity contribution in [2.75, 3.05) is 25.1 Å². The van der Waals surface area contributed by atoms with Gasteiger partial charge in [0.25, 0.3) is 22.7 Å². The Balaban J connectivity index is 1.26. The molecule has 0 aliphatic heterocycles. The summed E-state index contributed by atoms with van der Waals surface area (Å²) in [7, 11) is 2.90. The van der Waals surface area contributed by atoms with E-state index in [2.05, 4.69) is 41.5 Å². The van der Waals surface area contributed by atoms with Crippen LogP contribution in [-0.2, 0) is 0 Å². The number of ether oxygens (including phenoxy) is 2. The maximum absolute atomic E-state index is 11.3. The van der Waals surface area contributed by atoms with E-state index in [4.69, 9.17) is 9.47 Å². The third-order valence-corrected chi connectivity index (χ3v) is 8.61. The van der Waals surface area contributed by atoms with Crippen LogP contribution in [0.3, 0.4) is 0 Å². The molecule has 0 fully saturated rings. The highest BCUT2D eigenvalue weighted by Crippen LogP contribution is 2.37. The van der Waals surface area contributed by atoms with Crippen LogP contribution < -0.4 is 20.3 Å². The third kappa shape index (κ3) is 10.6. The normalized spacial score (nSPS) is 11.6. The summed E-state index contributed by atoms with van der Waals surface area (Å²) in [5.74, 6) is 0.709. The number of non-ortho nitro benzene ring substituents is 4. The van der Waals surface area contributed by atoms with Crippen molar-refractivity contribution < 1.29 is 29.2 Å². The third-order valence-electron chi connectivity index (χ3n) is 8.61. The first-order valence-electron chi connectivity index (χ1n) is 17.8. The number of hydrogen-bond donors (Lipinski definition) is 2. The van der Waals surface area contributed by atoms with E-state index in [0.29, 0.717) is 56.5 Å². The number of methoxy groups -OCH3 is 2. The number of nitro groups is 4. The number of nitrogens with one attached hydrogen (secondary N) is 2. The molecule has 310 valence electrons. The second-order valence-corrected chi connectivity index (χ2v) is 12.5. The average Bonchev–Trinajstić information content (AvgIpc) is 3.29. The molecule has 6 aromatic carbocycles. The highest BCUT2D eigenvalue weighted by Gasteiger charge is 2.14. The summed E-state index contributed by atoms with van der Waals surface area (Å²) >= 11 is 0. The second-order valence-electron chi connectivity index (χ2n) is 12.5. The molecule has 6 rings (SSSR count). The monoisotopic (exact) mass is 838 g/mol. The minimum absolute atomic E-state index is 0.0304. The fourth-order valence-electron chi connectivity index (χ4n) is 5.39. The van der Waals surface area contributed by atoms with E-state index in [1.807, 2.05) is 0 Å². The topological polar surface area (TPSA) is 289 Å². The summed E-state index contributed by atoms with van der Waals surface area (Å²) in [6, 6.07) is 32.2. The zero-order valence-electron chi connectivity index (χ0n) is 32.3. The van der Waals surface area contributed by atoms with Gasteiger partial charge in [-0.1, -0.05) is 12.1 Å².